The van der Waals surface area contributed by atoms with Crippen LogP contribution < -0.4 is 11.1 Å². The summed E-state index contributed by atoms with van der Waals surface area (Å²) in [6, 6.07) is 7.33. The van der Waals surface area contributed by atoms with Crippen molar-refractivity contribution in [2.45, 2.75) is 0 Å². The predicted octanol–water partition coefficient (Wildman–Crippen LogP) is 3.33. The number of anilines is 2. The third kappa shape index (κ3) is 3.54. The molecule has 3 N–H and O–H groups in total. The van der Waals surface area contributed by atoms with Gasteiger partial charge in [-0.3, -0.25) is 14.9 Å². The van der Waals surface area contributed by atoms with E-state index in [0.29, 0.717) is 10.2 Å². The SMILES string of the molecule is Nc1cc(Br)cc(C(=O)Nc2cc(F)ccc2[N+](=O)[O-])c1. The molecule has 0 unspecified atom stereocenters. The molecule has 2 rings (SSSR count). The number of nitrogen functional groups attached to an aromatic ring is 1. The minimum absolute atomic E-state index is 0.195. The van der Waals surface area contributed by atoms with E-state index < -0.39 is 22.3 Å². The maximum atomic E-state index is 13.2. The van der Waals surface area contributed by atoms with Crippen LogP contribution in [0.3, 0.4) is 0 Å². The van der Waals surface area contributed by atoms with Crippen molar-refractivity contribution in [2.75, 3.05) is 11.1 Å². The third-order valence-corrected chi connectivity index (χ3v) is 3.04. The van der Waals surface area contributed by atoms with Gasteiger partial charge in [0.15, 0.2) is 0 Å². The molecule has 0 radical (unpaired) electrons. The Kier molecular flexibility index (Phi) is 4.18. The van der Waals surface area contributed by atoms with Gasteiger partial charge in [-0.05, 0) is 24.3 Å². The molecular weight excluding hydrogens is 345 g/mol. The molecule has 6 nitrogen and oxygen atoms in total. The standard InChI is InChI=1S/C13H9BrFN3O3/c14-8-3-7(4-10(16)5-8)13(19)17-11-6-9(15)1-2-12(11)18(20)21/h1-6H,16H2,(H,17,19). The number of amides is 1. The number of nitro benzene ring substituents is 1. The molecule has 0 aromatic heterocycles. The molecule has 0 bridgehead atoms. The van der Waals surface area contributed by atoms with Crippen LogP contribution in [0, 0.1) is 15.9 Å². The van der Waals surface area contributed by atoms with Crippen LogP contribution in [-0.4, -0.2) is 10.8 Å². The van der Waals surface area contributed by atoms with Crippen molar-refractivity contribution in [1.82, 2.24) is 0 Å². The van der Waals surface area contributed by atoms with Gasteiger partial charge in [0, 0.05) is 27.9 Å². The summed E-state index contributed by atoms with van der Waals surface area (Å²) >= 11 is 3.19. The lowest BCUT2D eigenvalue weighted by Gasteiger charge is -2.07. The zero-order valence-corrected chi connectivity index (χ0v) is 12.1. The van der Waals surface area contributed by atoms with Gasteiger partial charge in [-0.2, -0.15) is 0 Å². The van der Waals surface area contributed by atoms with Crippen LogP contribution in [0.5, 0.6) is 0 Å². The molecule has 0 aliphatic carbocycles. The monoisotopic (exact) mass is 353 g/mol. The molecular formula is C13H9BrFN3O3. The Balaban J connectivity index is 2.35. The van der Waals surface area contributed by atoms with Crippen molar-refractivity contribution in [2.24, 2.45) is 0 Å². The fraction of sp³-hybridized carbons (Fsp3) is 0. The molecule has 8 heteroatoms. The topological polar surface area (TPSA) is 98.3 Å². The van der Waals surface area contributed by atoms with Gasteiger partial charge in [-0.15, -0.1) is 0 Å². The smallest absolute Gasteiger partial charge is 0.292 e. The summed E-state index contributed by atoms with van der Waals surface area (Å²) in [4.78, 5) is 22.2. The Bertz CT molecular complexity index is 716. The van der Waals surface area contributed by atoms with E-state index in [1.54, 1.807) is 6.07 Å². The summed E-state index contributed by atoms with van der Waals surface area (Å²) in [7, 11) is 0. The summed E-state index contributed by atoms with van der Waals surface area (Å²) in [5.74, 6) is -1.32. The van der Waals surface area contributed by atoms with Gasteiger partial charge in [0.05, 0.1) is 4.92 Å². The lowest BCUT2D eigenvalue weighted by Crippen LogP contribution is -2.13. The Hall–Kier alpha value is -2.48. The van der Waals surface area contributed by atoms with E-state index in [9.17, 15) is 19.3 Å². The van der Waals surface area contributed by atoms with Crippen LogP contribution in [0.4, 0.5) is 21.5 Å². The first-order chi connectivity index (χ1) is 9.86. The van der Waals surface area contributed by atoms with E-state index in [1.165, 1.54) is 12.1 Å². The van der Waals surface area contributed by atoms with Crippen LogP contribution in [0.1, 0.15) is 10.4 Å². The maximum absolute atomic E-state index is 13.2. The molecule has 0 fully saturated rings. The number of nitrogens with one attached hydrogen (secondary N) is 1. The highest BCUT2D eigenvalue weighted by Crippen LogP contribution is 2.26. The van der Waals surface area contributed by atoms with Crippen molar-refractivity contribution in [3.05, 3.63) is 62.4 Å². The second-order valence-electron chi connectivity index (χ2n) is 4.15. The number of hydrogen-bond acceptors (Lipinski definition) is 4. The second-order valence-corrected chi connectivity index (χ2v) is 5.06. The van der Waals surface area contributed by atoms with Gasteiger partial charge in [-0.1, -0.05) is 15.9 Å². The predicted molar refractivity (Wildman–Crippen MR) is 79.6 cm³/mol. The molecule has 2 aromatic carbocycles. The summed E-state index contributed by atoms with van der Waals surface area (Å²) < 4.78 is 13.8. The molecule has 1 amide bonds. The highest BCUT2D eigenvalue weighted by atomic mass is 79.9. The summed E-state index contributed by atoms with van der Waals surface area (Å²) in [5, 5.41) is 13.2. The molecule has 21 heavy (non-hydrogen) atoms. The normalized spacial score (nSPS) is 10.2. The number of rotatable bonds is 3. The fourth-order valence-electron chi connectivity index (χ4n) is 1.71. The van der Waals surface area contributed by atoms with Gasteiger partial charge in [0.2, 0.25) is 0 Å². The third-order valence-electron chi connectivity index (χ3n) is 2.59. The zero-order chi connectivity index (χ0) is 15.6. The Morgan fingerprint density at radius 3 is 2.62 bits per heavy atom. The molecule has 0 atom stereocenters. The van der Waals surface area contributed by atoms with Crippen molar-refractivity contribution < 1.29 is 14.1 Å². The van der Waals surface area contributed by atoms with Crippen LogP contribution in [0.25, 0.3) is 0 Å². The van der Waals surface area contributed by atoms with Crippen LogP contribution in [0.2, 0.25) is 0 Å². The van der Waals surface area contributed by atoms with E-state index in [1.807, 2.05) is 0 Å². The summed E-state index contributed by atoms with van der Waals surface area (Å²) in [6.45, 7) is 0. The lowest BCUT2D eigenvalue weighted by atomic mass is 10.2. The van der Waals surface area contributed by atoms with Crippen molar-refractivity contribution >= 4 is 38.9 Å². The number of nitro groups is 1. The van der Waals surface area contributed by atoms with E-state index >= 15 is 0 Å². The highest BCUT2D eigenvalue weighted by Gasteiger charge is 2.17. The largest absolute Gasteiger partial charge is 0.399 e. The lowest BCUT2D eigenvalue weighted by molar-refractivity contribution is -0.384. The molecule has 0 heterocycles. The first-order valence-electron chi connectivity index (χ1n) is 5.68. The highest BCUT2D eigenvalue weighted by molar-refractivity contribution is 9.10. The van der Waals surface area contributed by atoms with Crippen LogP contribution in [0.15, 0.2) is 40.9 Å². The molecule has 108 valence electrons. The maximum Gasteiger partial charge on any atom is 0.292 e. The van der Waals surface area contributed by atoms with E-state index in [0.717, 1.165) is 18.2 Å². The number of hydrogen-bond donors (Lipinski definition) is 2. The molecule has 0 aliphatic heterocycles. The van der Waals surface area contributed by atoms with Gasteiger partial charge >= 0.3 is 0 Å². The number of carbonyl (C=O) groups excluding carboxylic acids is 1. The molecule has 2 aromatic rings. The molecule has 0 spiro atoms. The quantitative estimate of drug-likeness (QED) is 0.502. The number of nitrogens with zero attached hydrogens (tertiary/aromatic N) is 1. The molecule has 0 aliphatic rings. The number of benzene rings is 2. The summed E-state index contributed by atoms with van der Waals surface area (Å²) in [6.07, 6.45) is 0. The van der Waals surface area contributed by atoms with Gasteiger partial charge in [-0.25, -0.2) is 4.39 Å². The van der Waals surface area contributed by atoms with Crippen molar-refractivity contribution in [3.8, 4) is 0 Å². The minimum atomic E-state index is -0.704. The fourth-order valence-corrected chi connectivity index (χ4v) is 2.22. The Labute approximate surface area is 127 Å². The Morgan fingerprint density at radius 1 is 1.29 bits per heavy atom. The van der Waals surface area contributed by atoms with Crippen molar-refractivity contribution in [3.63, 3.8) is 0 Å². The number of nitrogens with two attached hydrogens (primary N) is 1. The van der Waals surface area contributed by atoms with Crippen LogP contribution >= 0.6 is 15.9 Å². The second kappa shape index (κ2) is 5.88. The van der Waals surface area contributed by atoms with E-state index in [-0.39, 0.29) is 11.3 Å². The average Bonchev–Trinajstić information content (AvgIpc) is 2.37. The van der Waals surface area contributed by atoms with E-state index in [2.05, 4.69) is 21.2 Å². The number of carbonyl (C=O) groups is 1. The number of halogens is 2. The summed E-state index contributed by atoms with van der Waals surface area (Å²) in [5.41, 5.74) is 5.55. The van der Waals surface area contributed by atoms with Gasteiger partial charge in [0.25, 0.3) is 11.6 Å². The zero-order valence-electron chi connectivity index (χ0n) is 10.5. The van der Waals surface area contributed by atoms with Crippen LogP contribution in [-0.2, 0) is 0 Å². The van der Waals surface area contributed by atoms with E-state index in [4.69, 9.17) is 5.73 Å². The minimum Gasteiger partial charge on any atom is -0.399 e. The Morgan fingerprint density at radius 2 is 2.00 bits per heavy atom. The molecule has 0 saturated carbocycles. The van der Waals surface area contributed by atoms with Crippen molar-refractivity contribution in [1.29, 1.82) is 0 Å². The molecule has 0 saturated heterocycles. The first kappa shape index (κ1) is 14.9. The van der Waals surface area contributed by atoms with Gasteiger partial charge in [0.1, 0.15) is 11.5 Å². The average molecular weight is 354 g/mol. The van der Waals surface area contributed by atoms with Gasteiger partial charge < -0.3 is 11.1 Å². The first-order valence-corrected chi connectivity index (χ1v) is 6.47.